The Kier molecular flexibility index (Phi) is 5.48. The van der Waals surface area contributed by atoms with Crippen LogP contribution in [0, 0.1) is 6.92 Å². The van der Waals surface area contributed by atoms with Gasteiger partial charge in [0.05, 0.1) is 27.9 Å². The van der Waals surface area contributed by atoms with Crippen LogP contribution in [0.4, 0.5) is 5.13 Å². The molecule has 1 aliphatic heterocycles. The fourth-order valence-electron chi connectivity index (χ4n) is 3.70. The van der Waals surface area contributed by atoms with E-state index in [-0.39, 0.29) is 17.7 Å². The standard InChI is InChI=1S/C23H20ClN3O3S/c1-14-9-10-17(24)21-20(14)25-23(31-21)27(13-16-8-5-11-29-16)22(28)18-12-19(30-26-18)15-6-3-2-4-7-15/h2-4,6-7,9-10,12,16H,5,8,11,13H2,1H3. The van der Waals surface area contributed by atoms with E-state index in [1.54, 1.807) is 11.0 Å². The average molecular weight is 454 g/mol. The minimum absolute atomic E-state index is 0.0342. The summed E-state index contributed by atoms with van der Waals surface area (Å²) in [6.07, 6.45) is 1.86. The van der Waals surface area contributed by atoms with Gasteiger partial charge in [-0.05, 0) is 31.4 Å². The number of amides is 1. The van der Waals surface area contributed by atoms with Crippen molar-refractivity contribution in [3.05, 3.63) is 64.8 Å². The molecule has 1 unspecified atom stereocenters. The van der Waals surface area contributed by atoms with Crippen LogP contribution in [0.3, 0.4) is 0 Å². The van der Waals surface area contributed by atoms with Gasteiger partial charge in [0.25, 0.3) is 5.91 Å². The summed E-state index contributed by atoms with van der Waals surface area (Å²) in [5.41, 5.74) is 2.92. The topological polar surface area (TPSA) is 68.5 Å². The van der Waals surface area contributed by atoms with E-state index in [2.05, 4.69) is 5.16 Å². The van der Waals surface area contributed by atoms with Crippen molar-refractivity contribution in [2.24, 2.45) is 0 Å². The highest BCUT2D eigenvalue weighted by atomic mass is 35.5. The van der Waals surface area contributed by atoms with E-state index < -0.39 is 0 Å². The van der Waals surface area contributed by atoms with Crippen molar-refractivity contribution in [3.63, 3.8) is 0 Å². The molecule has 1 atom stereocenters. The number of carbonyl (C=O) groups excluding carboxylic acids is 1. The molecule has 158 valence electrons. The normalized spacial score (nSPS) is 16.1. The van der Waals surface area contributed by atoms with E-state index >= 15 is 0 Å². The zero-order chi connectivity index (χ0) is 21.4. The van der Waals surface area contributed by atoms with Gasteiger partial charge in [0.2, 0.25) is 0 Å². The molecule has 1 aliphatic rings. The first-order valence-electron chi connectivity index (χ1n) is 10.1. The summed E-state index contributed by atoms with van der Waals surface area (Å²) < 4.78 is 12.1. The Hall–Kier alpha value is -2.74. The SMILES string of the molecule is Cc1ccc(Cl)c2sc(N(CC3CCCO3)C(=O)c3cc(-c4ccccc4)on3)nc12. The number of fused-ring (bicyclic) bond motifs is 1. The number of carbonyl (C=O) groups is 1. The van der Waals surface area contributed by atoms with Gasteiger partial charge in [-0.1, -0.05) is 64.5 Å². The van der Waals surface area contributed by atoms with Crippen LogP contribution >= 0.6 is 22.9 Å². The van der Waals surface area contributed by atoms with Gasteiger partial charge < -0.3 is 9.26 Å². The second-order valence-electron chi connectivity index (χ2n) is 7.53. The van der Waals surface area contributed by atoms with Crippen LogP contribution in [0.25, 0.3) is 21.5 Å². The summed E-state index contributed by atoms with van der Waals surface area (Å²) in [6.45, 7) is 3.10. The average Bonchev–Trinajstić information content (AvgIpc) is 3.55. The van der Waals surface area contributed by atoms with E-state index in [1.807, 2.05) is 49.4 Å². The zero-order valence-electron chi connectivity index (χ0n) is 16.9. The molecule has 0 spiro atoms. The highest BCUT2D eigenvalue weighted by molar-refractivity contribution is 7.23. The summed E-state index contributed by atoms with van der Waals surface area (Å²) in [4.78, 5) is 19.9. The zero-order valence-corrected chi connectivity index (χ0v) is 18.4. The second-order valence-corrected chi connectivity index (χ2v) is 8.92. The Labute approximate surface area is 188 Å². The number of hydrogen-bond acceptors (Lipinski definition) is 6. The maximum absolute atomic E-state index is 13.5. The molecule has 2 aromatic carbocycles. The number of thiazole rings is 1. The number of aryl methyl sites for hydroxylation is 1. The predicted octanol–water partition coefficient (Wildman–Crippen LogP) is 5.74. The molecule has 0 aliphatic carbocycles. The lowest BCUT2D eigenvalue weighted by Crippen LogP contribution is -2.37. The molecule has 5 rings (SSSR count). The molecule has 31 heavy (non-hydrogen) atoms. The Morgan fingerprint density at radius 3 is 2.84 bits per heavy atom. The third-order valence-corrected chi connectivity index (χ3v) is 6.90. The Morgan fingerprint density at radius 2 is 2.10 bits per heavy atom. The van der Waals surface area contributed by atoms with Gasteiger partial charge in [0.1, 0.15) is 0 Å². The molecule has 2 aromatic heterocycles. The van der Waals surface area contributed by atoms with E-state index in [4.69, 9.17) is 25.8 Å². The van der Waals surface area contributed by atoms with Gasteiger partial charge in [-0.3, -0.25) is 9.69 Å². The first-order valence-corrected chi connectivity index (χ1v) is 11.3. The van der Waals surface area contributed by atoms with Crippen LogP contribution < -0.4 is 4.90 Å². The molecule has 8 heteroatoms. The predicted molar refractivity (Wildman–Crippen MR) is 122 cm³/mol. The van der Waals surface area contributed by atoms with Gasteiger partial charge in [-0.15, -0.1) is 0 Å². The fourth-order valence-corrected chi connectivity index (χ4v) is 5.02. The van der Waals surface area contributed by atoms with Crippen molar-refractivity contribution >= 4 is 44.2 Å². The first kappa shape index (κ1) is 20.2. The van der Waals surface area contributed by atoms with Crippen LogP contribution in [-0.4, -0.2) is 35.3 Å². The number of hydrogen-bond donors (Lipinski definition) is 0. The quantitative estimate of drug-likeness (QED) is 0.385. The van der Waals surface area contributed by atoms with Gasteiger partial charge in [-0.25, -0.2) is 4.98 Å². The number of ether oxygens (including phenoxy) is 1. The molecule has 1 saturated heterocycles. The van der Waals surface area contributed by atoms with Crippen molar-refractivity contribution in [3.8, 4) is 11.3 Å². The van der Waals surface area contributed by atoms with Gasteiger partial charge >= 0.3 is 0 Å². The van der Waals surface area contributed by atoms with Crippen LogP contribution in [0.2, 0.25) is 5.02 Å². The van der Waals surface area contributed by atoms with E-state index in [1.165, 1.54) is 11.3 Å². The lowest BCUT2D eigenvalue weighted by molar-refractivity contribution is 0.0910. The molecule has 1 fully saturated rings. The maximum Gasteiger partial charge on any atom is 0.282 e. The van der Waals surface area contributed by atoms with Crippen LogP contribution in [0.15, 0.2) is 53.1 Å². The highest BCUT2D eigenvalue weighted by Crippen LogP contribution is 2.36. The summed E-state index contributed by atoms with van der Waals surface area (Å²) in [5.74, 6) is 0.276. The monoisotopic (exact) mass is 453 g/mol. The van der Waals surface area contributed by atoms with Crippen molar-refractivity contribution in [2.45, 2.75) is 25.9 Å². The molecule has 1 amide bonds. The number of nitrogens with zero attached hydrogens (tertiary/aromatic N) is 3. The lowest BCUT2D eigenvalue weighted by atomic mass is 10.1. The van der Waals surface area contributed by atoms with Crippen LogP contribution in [0.5, 0.6) is 0 Å². The van der Waals surface area contributed by atoms with Crippen molar-refractivity contribution in [2.75, 3.05) is 18.1 Å². The number of rotatable bonds is 5. The molecule has 4 aromatic rings. The molecule has 6 nitrogen and oxygen atoms in total. The molecule has 0 N–H and O–H groups in total. The Morgan fingerprint density at radius 1 is 1.26 bits per heavy atom. The second kappa shape index (κ2) is 8.42. The molecule has 0 radical (unpaired) electrons. The van der Waals surface area contributed by atoms with Crippen molar-refractivity contribution in [1.82, 2.24) is 10.1 Å². The smallest absolute Gasteiger partial charge is 0.282 e. The fraction of sp³-hybridized carbons (Fsp3) is 0.261. The number of benzene rings is 2. The summed E-state index contributed by atoms with van der Waals surface area (Å²) in [7, 11) is 0. The molecular formula is C23H20ClN3O3S. The maximum atomic E-state index is 13.5. The summed E-state index contributed by atoms with van der Waals surface area (Å²) >= 11 is 7.80. The molecular weight excluding hydrogens is 434 g/mol. The summed E-state index contributed by atoms with van der Waals surface area (Å²) in [6, 6.07) is 15.0. The van der Waals surface area contributed by atoms with Gasteiger partial charge in [0, 0.05) is 18.2 Å². The molecule has 3 heterocycles. The third-order valence-electron chi connectivity index (χ3n) is 5.36. The van der Waals surface area contributed by atoms with Crippen molar-refractivity contribution in [1.29, 1.82) is 0 Å². The largest absolute Gasteiger partial charge is 0.376 e. The minimum atomic E-state index is -0.269. The van der Waals surface area contributed by atoms with Crippen molar-refractivity contribution < 1.29 is 14.1 Å². The molecule has 0 bridgehead atoms. The van der Waals surface area contributed by atoms with E-state index in [0.29, 0.717) is 29.1 Å². The number of anilines is 1. The highest BCUT2D eigenvalue weighted by Gasteiger charge is 2.29. The van der Waals surface area contributed by atoms with E-state index in [9.17, 15) is 4.79 Å². The minimum Gasteiger partial charge on any atom is -0.376 e. The third kappa shape index (κ3) is 3.96. The van der Waals surface area contributed by atoms with Gasteiger partial charge in [0.15, 0.2) is 16.6 Å². The molecule has 0 saturated carbocycles. The Bertz CT molecular complexity index is 1190. The van der Waals surface area contributed by atoms with Gasteiger partial charge in [-0.2, -0.15) is 0 Å². The van der Waals surface area contributed by atoms with E-state index in [0.717, 1.165) is 34.2 Å². The van der Waals surface area contributed by atoms with Crippen LogP contribution in [0.1, 0.15) is 28.9 Å². The Balaban J connectivity index is 1.52. The lowest BCUT2D eigenvalue weighted by Gasteiger charge is -2.21. The number of halogens is 1. The number of aromatic nitrogens is 2. The first-order chi connectivity index (χ1) is 15.1. The summed E-state index contributed by atoms with van der Waals surface area (Å²) in [5, 5.41) is 5.25. The van der Waals surface area contributed by atoms with Crippen LogP contribution in [-0.2, 0) is 4.74 Å².